The molecule has 3 heteroatoms. The molecule has 0 aliphatic carbocycles. The third-order valence-electron chi connectivity index (χ3n) is 3.44. The van der Waals surface area contributed by atoms with Crippen molar-refractivity contribution in [3.63, 3.8) is 0 Å². The molecule has 0 aliphatic heterocycles. The second-order valence-corrected chi connectivity index (χ2v) is 5.97. The summed E-state index contributed by atoms with van der Waals surface area (Å²) in [6, 6.07) is 6.49. The molecular weight excluding hydrogens is 265 g/mol. The molecule has 1 aromatic carbocycles. The van der Waals surface area contributed by atoms with Crippen LogP contribution in [0.2, 0.25) is 10.0 Å². The Morgan fingerprint density at radius 2 is 1.83 bits per heavy atom. The molecule has 0 radical (unpaired) electrons. The summed E-state index contributed by atoms with van der Waals surface area (Å²) in [6.45, 7) is 8.87. The lowest BCUT2D eigenvalue weighted by molar-refractivity contribution is 0.385. The molecule has 0 fully saturated rings. The van der Waals surface area contributed by atoms with Crippen LogP contribution in [0.1, 0.15) is 52.1 Å². The molecule has 1 N–H and O–H groups in total. The van der Waals surface area contributed by atoms with Crippen LogP contribution >= 0.6 is 23.2 Å². The summed E-state index contributed by atoms with van der Waals surface area (Å²) in [7, 11) is 0. The van der Waals surface area contributed by atoms with Gasteiger partial charge in [0.05, 0.1) is 10.0 Å². The van der Waals surface area contributed by atoms with E-state index >= 15 is 0 Å². The molecule has 0 aliphatic rings. The van der Waals surface area contributed by atoms with Crippen LogP contribution < -0.4 is 5.32 Å². The first-order valence-electron chi connectivity index (χ1n) is 6.65. The van der Waals surface area contributed by atoms with Crippen LogP contribution in [-0.2, 0) is 0 Å². The SMILES string of the molecule is CCC(C)CC(C)NC(C)c1cccc(Cl)c1Cl. The molecule has 0 heterocycles. The average molecular weight is 288 g/mol. The number of rotatable bonds is 6. The molecule has 0 saturated carbocycles. The van der Waals surface area contributed by atoms with E-state index in [2.05, 4.69) is 33.0 Å². The van der Waals surface area contributed by atoms with E-state index in [9.17, 15) is 0 Å². The normalized spacial score (nSPS) is 16.3. The van der Waals surface area contributed by atoms with Crippen molar-refractivity contribution in [3.8, 4) is 0 Å². The van der Waals surface area contributed by atoms with E-state index in [0.717, 1.165) is 11.5 Å². The van der Waals surface area contributed by atoms with Crippen LogP contribution in [0.3, 0.4) is 0 Å². The Morgan fingerprint density at radius 1 is 1.17 bits per heavy atom. The van der Waals surface area contributed by atoms with Crippen LogP contribution in [0, 0.1) is 5.92 Å². The fourth-order valence-electron chi connectivity index (χ4n) is 2.21. The van der Waals surface area contributed by atoms with Gasteiger partial charge in [0.25, 0.3) is 0 Å². The van der Waals surface area contributed by atoms with Crippen molar-refractivity contribution in [3.05, 3.63) is 33.8 Å². The van der Waals surface area contributed by atoms with Crippen molar-refractivity contribution >= 4 is 23.2 Å². The summed E-state index contributed by atoms with van der Waals surface area (Å²) in [4.78, 5) is 0. The monoisotopic (exact) mass is 287 g/mol. The standard InChI is InChI=1S/C15H23Cl2N/c1-5-10(2)9-11(3)18-12(4)13-7-6-8-14(16)15(13)17/h6-8,10-12,18H,5,9H2,1-4H3. The zero-order chi connectivity index (χ0) is 13.7. The van der Waals surface area contributed by atoms with Gasteiger partial charge in [-0.1, -0.05) is 55.6 Å². The zero-order valence-electron chi connectivity index (χ0n) is 11.6. The first kappa shape index (κ1) is 15.8. The Morgan fingerprint density at radius 3 is 2.44 bits per heavy atom. The first-order chi connectivity index (χ1) is 8.45. The van der Waals surface area contributed by atoms with E-state index < -0.39 is 0 Å². The van der Waals surface area contributed by atoms with Crippen LogP contribution in [0.4, 0.5) is 0 Å². The van der Waals surface area contributed by atoms with E-state index in [-0.39, 0.29) is 6.04 Å². The summed E-state index contributed by atoms with van der Waals surface area (Å²) < 4.78 is 0. The Bertz CT molecular complexity index is 379. The topological polar surface area (TPSA) is 12.0 Å². The van der Waals surface area contributed by atoms with Gasteiger partial charge in [-0.2, -0.15) is 0 Å². The van der Waals surface area contributed by atoms with Crippen molar-refractivity contribution in [1.29, 1.82) is 0 Å². The van der Waals surface area contributed by atoms with Crippen molar-refractivity contribution in [2.75, 3.05) is 0 Å². The van der Waals surface area contributed by atoms with E-state index in [1.54, 1.807) is 0 Å². The molecule has 102 valence electrons. The van der Waals surface area contributed by atoms with Gasteiger partial charge in [0.2, 0.25) is 0 Å². The predicted molar refractivity (Wildman–Crippen MR) is 81.5 cm³/mol. The lowest BCUT2D eigenvalue weighted by Gasteiger charge is -2.23. The van der Waals surface area contributed by atoms with Gasteiger partial charge in [-0.05, 0) is 37.8 Å². The summed E-state index contributed by atoms with van der Waals surface area (Å²) in [6.07, 6.45) is 2.40. The predicted octanol–water partition coefficient (Wildman–Crippen LogP) is 5.47. The van der Waals surface area contributed by atoms with E-state index in [1.165, 1.54) is 12.8 Å². The van der Waals surface area contributed by atoms with E-state index in [4.69, 9.17) is 23.2 Å². The minimum Gasteiger partial charge on any atom is -0.308 e. The second kappa shape index (κ2) is 7.37. The van der Waals surface area contributed by atoms with Crippen LogP contribution in [0.5, 0.6) is 0 Å². The highest BCUT2D eigenvalue weighted by Crippen LogP contribution is 2.30. The van der Waals surface area contributed by atoms with Gasteiger partial charge in [-0.25, -0.2) is 0 Å². The molecule has 0 amide bonds. The Balaban J connectivity index is 2.65. The Labute approximate surface area is 121 Å². The molecule has 1 rings (SSSR count). The molecule has 0 aromatic heterocycles. The van der Waals surface area contributed by atoms with Gasteiger partial charge in [0, 0.05) is 12.1 Å². The van der Waals surface area contributed by atoms with Crippen LogP contribution in [-0.4, -0.2) is 6.04 Å². The minimum atomic E-state index is 0.218. The fourth-order valence-corrected chi connectivity index (χ4v) is 2.68. The molecule has 0 bridgehead atoms. The average Bonchev–Trinajstić information content (AvgIpc) is 2.32. The lowest BCUT2D eigenvalue weighted by Crippen LogP contribution is -2.30. The van der Waals surface area contributed by atoms with Gasteiger partial charge in [-0.15, -0.1) is 0 Å². The maximum atomic E-state index is 6.23. The highest BCUT2D eigenvalue weighted by Gasteiger charge is 2.15. The van der Waals surface area contributed by atoms with Crippen molar-refractivity contribution in [1.82, 2.24) is 5.32 Å². The van der Waals surface area contributed by atoms with Crippen LogP contribution in [0.15, 0.2) is 18.2 Å². The molecule has 0 saturated heterocycles. The first-order valence-corrected chi connectivity index (χ1v) is 7.41. The zero-order valence-corrected chi connectivity index (χ0v) is 13.1. The highest BCUT2D eigenvalue weighted by molar-refractivity contribution is 6.42. The van der Waals surface area contributed by atoms with Gasteiger partial charge in [-0.3, -0.25) is 0 Å². The van der Waals surface area contributed by atoms with Gasteiger partial charge >= 0.3 is 0 Å². The van der Waals surface area contributed by atoms with Gasteiger partial charge in [0.15, 0.2) is 0 Å². The molecule has 18 heavy (non-hydrogen) atoms. The lowest BCUT2D eigenvalue weighted by atomic mass is 9.99. The maximum Gasteiger partial charge on any atom is 0.0639 e. The third kappa shape index (κ3) is 4.46. The van der Waals surface area contributed by atoms with Crippen LogP contribution in [0.25, 0.3) is 0 Å². The van der Waals surface area contributed by atoms with Gasteiger partial charge < -0.3 is 5.32 Å². The summed E-state index contributed by atoms with van der Waals surface area (Å²) in [5.41, 5.74) is 1.07. The molecular formula is C15H23Cl2N. The molecule has 0 spiro atoms. The van der Waals surface area contributed by atoms with E-state index in [0.29, 0.717) is 16.1 Å². The molecule has 1 aromatic rings. The quantitative estimate of drug-likeness (QED) is 0.732. The summed E-state index contributed by atoms with van der Waals surface area (Å²) >= 11 is 12.3. The largest absolute Gasteiger partial charge is 0.308 e. The van der Waals surface area contributed by atoms with Gasteiger partial charge in [0.1, 0.15) is 0 Å². The smallest absolute Gasteiger partial charge is 0.0639 e. The Hall–Kier alpha value is -0.240. The van der Waals surface area contributed by atoms with E-state index in [1.807, 2.05) is 18.2 Å². The number of nitrogens with one attached hydrogen (secondary N) is 1. The number of halogens is 2. The van der Waals surface area contributed by atoms with Crippen molar-refractivity contribution < 1.29 is 0 Å². The third-order valence-corrected chi connectivity index (χ3v) is 4.27. The van der Waals surface area contributed by atoms with Crippen molar-refractivity contribution in [2.24, 2.45) is 5.92 Å². The minimum absolute atomic E-state index is 0.218. The summed E-state index contributed by atoms with van der Waals surface area (Å²) in [5.74, 6) is 0.745. The second-order valence-electron chi connectivity index (χ2n) is 5.18. The maximum absolute atomic E-state index is 6.23. The molecule has 1 nitrogen and oxygen atoms in total. The number of benzene rings is 1. The number of hydrogen-bond donors (Lipinski definition) is 1. The molecule has 3 atom stereocenters. The molecule has 3 unspecified atom stereocenters. The fraction of sp³-hybridized carbons (Fsp3) is 0.600. The number of hydrogen-bond acceptors (Lipinski definition) is 1. The highest BCUT2D eigenvalue weighted by atomic mass is 35.5. The van der Waals surface area contributed by atoms with Crippen molar-refractivity contribution in [2.45, 2.75) is 52.6 Å². The summed E-state index contributed by atoms with van der Waals surface area (Å²) in [5, 5.41) is 4.87. The Kier molecular flexibility index (Phi) is 6.48.